The molecule has 0 spiro atoms. The predicted octanol–water partition coefficient (Wildman–Crippen LogP) is 2.37. The maximum atomic E-state index is 6.14. The van der Waals surface area contributed by atoms with Crippen LogP contribution in [0.15, 0.2) is 18.2 Å². The zero-order valence-corrected chi connectivity index (χ0v) is 9.99. The van der Waals surface area contributed by atoms with Crippen molar-refractivity contribution in [2.45, 2.75) is 20.3 Å². The molecular formula is C11H13ClN4. The molecule has 4 nitrogen and oxygen atoms in total. The summed E-state index contributed by atoms with van der Waals surface area (Å²) in [6.45, 7) is 4.01. The first-order chi connectivity index (χ1) is 7.63. The minimum absolute atomic E-state index is 0.458. The highest BCUT2D eigenvalue weighted by Gasteiger charge is 2.12. The Bertz CT molecular complexity index is 519. The summed E-state index contributed by atoms with van der Waals surface area (Å²) >= 11 is 6.14. The van der Waals surface area contributed by atoms with E-state index in [-0.39, 0.29) is 0 Å². The summed E-state index contributed by atoms with van der Waals surface area (Å²) in [5.74, 6) is 0.458. The average Bonchev–Trinajstić information content (AvgIpc) is 2.63. The average molecular weight is 237 g/mol. The number of hydrogen-bond donors (Lipinski definition) is 1. The van der Waals surface area contributed by atoms with E-state index in [1.54, 1.807) is 4.68 Å². The summed E-state index contributed by atoms with van der Waals surface area (Å²) in [6, 6.07) is 5.77. The molecule has 0 fully saturated rings. The van der Waals surface area contributed by atoms with E-state index in [0.717, 1.165) is 23.4 Å². The lowest BCUT2D eigenvalue weighted by Gasteiger charge is -2.07. The molecule has 1 aromatic carbocycles. The van der Waals surface area contributed by atoms with Crippen LogP contribution in [0.5, 0.6) is 0 Å². The number of hydrogen-bond acceptors (Lipinski definition) is 3. The van der Waals surface area contributed by atoms with Crippen LogP contribution in [0.2, 0.25) is 5.02 Å². The van der Waals surface area contributed by atoms with E-state index in [4.69, 9.17) is 17.3 Å². The van der Waals surface area contributed by atoms with Crippen molar-refractivity contribution in [3.8, 4) is 5.69 Å². The van der Waals surface area contributed by atoms with Crippen LogP contribution in [0.3, 0.4) is 0 Å². The lowest BCUT2D eigenvalue weighted by molar-refractivity contribution is 0.767. The molecule has 0 amide bonds. The number of nitrogen functional groups attached to an aromatic ring is 1. The Hall–Kier alpha value is -1.55. The van der Waals surface area contributed by atoms with Crippen molar-refractivity contribution in [1.29, 1.82) is 0 Å². The minimum atomic E-state index is 0.458. The van der Waals surface area contributed by atoms with Crippen molar-refractivity contribution >= 4 is 17.4 Å². The molecular weight excluding hydrogens is 224 g/mol. The van der Waals surface area contributed by atoms with E-state index in [2.05, 4.69) is 10.3 Å². The summed E-state index contributed by atoms with van der Waals surface area (Å²) in [7, 11) is 0. The normalized spacial score (nSPS) is 10.7. The van der Waals surface area contributed by atoms with Gasteiger partial charge in [0.2, 0.25) is 0 Å². The molecule has 2 N–H and O–H groups in total. The molecule has 0 atom stereocenters. The molecule has 2 rings (SSSR count). The number of aryl methyl sites for hydroxylation is 1. The summed E-state index contributed by atoms with van der Waals surface area (Å²) < 4.78 is 1.70. The van der Waals surface area contributed by atoms with Crippen molar-refractivity contribution in [3.63, 3.8) is 0 Å². The minimum Gasteiger partial charge on any atom is -0.381 e. The van der Waals surface area contributed by atoms with Gasteiger partial charge in [-0.1, -0.05) is 29.8 Å². The van der Waals surface area contributed by atoms with E-state index >= 15 is 0 Å². The molecule has 5 heteroatoms. The first-order valence-corrected chi connectivity index (χ1v) is 5.48. The Morgan fingerprint density at radius 3 is 2.88 bits per heavy atom. The van der Waals surface area contributed by atoms with Crippen molar-refractivity contribution < 1.29 is 0 Å². The molecule has 0 unspecified atom stereocenters. The molecule has 0 saturated heterocycles. The molecule has 1 aromatic heterocycles. The van der Waals surface area contributed by atoms with Crippen molar-refractivity contribution in [1.82, 2.24) is 15.0 Å². The third kappa shape index (κ3) is 1.76. The van der Waals surface area contributed by atoms with Crippen LogP contribution >= 0.6 is 11.6 Å². The van der Waals surface area contributed by atoms with Gasteiger partial charge in [0.25, 0.3) is 0 Å². The topological polar surface area (TPSA) is 56.7 Å². The quantitative estimate of drug-likeness (QED) is 0.871. The van der Waals surface area contributed by atoms with Crippen LogP contribution in [0, 0.1) is 6.92 Å². The van der Waals surface area contributed by atoms with E-state index in [1.165, 1.54) is 0 Å². The van der Waals surface area contributed by atoms with Crippen molar-refractivity contribution in [2.24, 2.45) is 0 Å². The van der Waals surface area contributed by atoms with Gasteiger partial charge in [0, 0.05) is 0 Å². The fraction of sp³-hybridized carbons (Fsp3) is 0.273. The summed E-state index contributed by atoms with van der Waals surface area (Å²) in [5, 5.41) is 8.53. The second-order valence-electron chi connectivity index (χ2n) is 3.64. The Kier molecular flexibility index (Phi) is 2.83. The Morgan fingerprint density at radius 2 is 2.19 bits per heavy atom. The number of anilines is 1. The number of halogens is 1. The summed E-state index contributed by atoms with van der Waals surface area (Å²) in [5.41, 5.74) is 8.56. The smallest absolute Gasteiger partial charge is 0.169 e. The zero-order valence-electron chi connectivity index (χ0n) is 9.24. The standard InChI is InChI=1S/C11H13ClN4/c1-3-9-11(13)14-15-16(9)10-6-7(2)4-5-8(10)12/h4-6H,3,13H2,1-2H3. The monoisotopic (exact) mass is 236 g/mol. The van der Waals surface area contributed by atoms with Gasteiger partial charge in [-0.15, -0.1) is 5.10 Å². The highest BCUT2D eigenvalue weighted by atomic mass is 35.5. The third-order valence-corrected chi connectivity index (χ3v) is 2.78. The Morgan fingerprint density at radius 1 is 1.44 bits per heavy atom. The second-order valence-corrected chi connectivity index (χ2v) is 4.05. The maximum absolute atomic E-state index is 6.14. The molecule has 0 saturated carbocycles. The molecule has 0 radical (unpaired) electrons. The van der Waals surface area contributed by atoms with Crippen LogP contribution in [-0.4, -0.2) is 15.0 Å². The third-order valence-electron chi connectivity index (χ3n) is 2.46. The molecule has 0 aliphatic carbocycles. The van der Waals surface area contributed by atoms with Crippen LogP contribution in [0.25, 0.3) is 5.69 Å². The number of aromatic nitrogens is 3. The van der Waals surface area contributed by atoms with Gasteiger partial charge in [-0.3, -0.25) is 0 Å². The van der Waals surface area contributed by atoms with Gasteiger partial charge in [-0.25, -0.2) is 4.68 Å². The van der Waals surface area contributed by atoms with Gasteiger partial charge in [0.1, 0.15) is 0 Å². The molecule has 0 aliphatic rings. The van der Waals surface area contributed by atoms with Gasteiger partial charge in [0.05, 0.1) is 16.4 Å². The van der Waals surface area contributed by atoms with E-state index in [1.807, 2.05) is 32.0 Å². The number of nitrogens with two attached hydrogens (primary N) is 1. The highest BCUT2D eigenvalue weighted by molar-refractivity contribution is 6.32. The summed E-state index contributed by atoms with van der Waals surface area (Å²) in [6.07, 6.45) is 0.767. The van der Waals surface area contributed by atoms with E-state index in [0.29, 0.717) is 10.8 Å². The predicted molar refractivity (Wildman–Crippen MR) is 64.9 cm³/mol. The first-order valence-electron chi connectivity index (χ1n) is 5.10. The van der Waals surface area contributed by atoms with Crippen molar-refractivity contribution in [3.05, 3.63) is 34.5 Å². The Labute approximate surface area is 99.0 Å². The van der Waals surface area contributed by atoms with E-state index < -0.39 is 0 Å². The second kappa shape index (κ2) is 4.14. The molecule has 0 bridgehead atoms. The lowest BCUT2D eigenvalue weighted by Crippen LogP contribution is -2.03. The van der Waals surface area contributed by atoms with Crippen LogP contribution in [-0.2, 0) is 6.42 Å². The fourth-order valence-corrected chi connectivity index (χ4v) is 1.82. The molecule has 84 valence electrons. The fourth-order valence-electron chi connectivity index (χ4n) is 1.62. The van der Waals surface area contributed by atoms with Crippen LogP contribution in [0.4, 0.5) is 5.82 Å². The lowest BCUT2D eigenvalue weighted by atomic mass is 10.2. The van der Waals surface area contributed by atoms with Crippen molar-refractivity contribution in [2.75, 3.05) is 5.73 Å². The molecule has 2 aromatic rings. The maximum Gasteiger partial charge on any atom is 0.169 e. The van der Waals surface area contributed by atoms with Gasteiger partial charge in [0.15, 0.2) is 5.82 Å². The number of rotatable bonds is 2. The van der Waals surface area contributed by atoms with Gasteiger partial charge in [-0.05, 0) is 31.0 Å². The van der Waals surface area contributed by atoms with Crippen LogP contribution < -0.4 is 5.73 Å². The zero-order chi connectivity index (χ0) is 11.7. The van der Waals surface area contributed by atoms with Crippen LogP contribution in [0.1, 0.15) is 18.2 Å². The number of nitrogens with zero attached hydrogens (tertiary/aromatic N) is 3. The first kappa shape index (κ1) is 11.0. The molecule has 0 aliphatic heterocycles. The SMILES string of the molecule is CCc1c(N)nnn1-c1cc(C)ccc1Cl. The molecule has 1 heterocycles. The largest absolute Gasteiger partial charge is 0.381 e. The van der Waals surface area contributed by atoms with E-state index in [9.17, 15) is 0 Å². The van der Waals surface area contributed by atoms with Gasteiger partial charge in [-0.2, -0.15) is 0 Å². The highest BCUT2D eigenvalue weighted by Crippen LogP contribution is 2.23. The number of benzene rings is 1. The Balaban J connectivity index is 2.62. The van der Waals surface area contributed by atoms with Gasteiger partial charge >= 0.3 is 0 Å². The molecule has 16 heavy (non-hydrogen) atoms. The summed E-state index contributed by atoms with van der Waals surface area (Å²) in [4.78, 5) is 0. The van der Waals surface area contributed by atoms with Gasteiger partial charge < -0.3 is 5.73 Å².